The standard InChI is InChI=1S/C106H176O18/c1-9-16-23-30-37-44-51-58-65-72-92(107)116-84-91-101(121-94(109)74-67-60-53-46-39-32-25-18-11-3)103(123-96(111)76-69-62-55-48-41-34-27-20-13-5)104(124-97(112)77-70-63-56-49-42-35-28-21-14-6)106(120-91)119-88-79-78-86(83-87(88)105(114)115-80-71-64-57-50-43-36-29-22-15-7)100-102(122-95(110)75-68-61-54-47-40-33-26-19-12-4)99(113)98-89(81-85(8)82-90(98)118-100)117-93(108)73-66-59-52-45-38-31-24-17-10-2/h78-79,81-83,91,101,103-104,106H,9-77,80,84H2,1-8H3. The summed E-state index contributed by atoms with van der Waals surface area (Å²) >= 11 is 0. The number of carbonyl (C=O) groups is 7. The molecular formula is C106H176O18. The molecule has 1 aromatic heterocycles. The number of ether oxygens (including phenoxy) is 9. The van der Waals surface area contributed by atoms with Gasteiger partial charge in [0, 0.05) is 44.1 Å². The molecule has 1 fully saturated rings. The van der Waals surface area contributed by atoms with E-state index in [2.05, 4.69) is 48.5 Å². The molecule has 5 atom stereocenters. The van der Waals surface area contributed by atoms with Crippen LogP contribution < -0.4 is 19.6 Å². The van der Waals surface area contributed by atoms with E-state index >= 15 is 9.59 Å². The van der Waals surface area contributed by atoms with E-state index in [0.717, 1.165) is 225 Å². The first-order valence-corrected chi connectivity index (χ1v) is 51.5. The Labute approximate surface area is 751 Å². The van der Waals surface area contributed by atoms with Gasteiger partial charge in [-0.2, -0.15) is 0 Å². The normalized spacial score (nSPS) is 15.1. The van der Waals surface area contributed by atoms with Crippen LogP contribution in [0.4, 0.5) is 0 Å². The number of hydrogen-bond donors (Lipinski definition) is 0. The molecule has 0 radical (unpaired) electrons. The molecule has 3 aromatic rings. The largest absolute Gasteiger partial charge is 0.463 e. The Morgan fingerprint density at radius 1 is 0.323 bits per heavy atom. The zero-order chi connectivity index (χ0) is 89.5. The van der Waals surface area contributed by atoms with E-state index in [1.807, 2.05) is 0 Å². The van der Waals surface area contributed by atoms with Gasteiger partial charge in [0.15, 0.2) is 18.0 Å². The van der Waals surface area contributed by atoms with Crippen molar-refractivity contribution in [2.75, 3.05) is 13.2 Å². The highest BCUT2D eigenvalue weighted by Crippen LogP contribution is 2.40. The molecule has 4 rings (SSSR count). The van der Waals surface area contributed by atoms with Gasteiger partial charge >= 0.3 is 41.8 Å². The van der Waals surface area contributed by atoms with Crippen LogP contribution >= 0.6 is 0 Å². The van der Waals surface area contributed by atoms with Gasteiger partial charge < -0.3 is 47.0 Å². The Kier molecular flexibility index (Phi) is 65.3. The fourth-order valence-corrected chi connectivity index (χ4v) is 16.7. The van der Waals surface area contributed by atoms with Gasteiger partial charge in [-0.15, -0.1) is 0 Å². The second kappa shape index (κ2) is 73.6. The minimum atomic E-state index is -1.75. The molecule has 0 saturated carbocycles. The van der Waals surface area contributed by atoms with Crippen molar-refractivity contribution in [3.8, 4) is 28.6 Å². The summed E-state index contributed by atoms with van der Waals surface area (Å²) in [6.45, 7) is 16.8. The molecule has 0 bridgehead atoms. The summed E-state index contributed by atoms with van der Waals surface area (Å²) in [6.07, 6.45) is 56.8. The maximum absolute atomic E-state index is 15.6. The number of fused-ring (bicyclic) bond motifs is 1. The van der Waals surface area contributed by atoms with Gasteiger partial charge in [0.05, 0.1) is 6.61 Å². The van der Waals surface area contributed by atoms with E-state index in [1.54, 1.807) is 19.1 Å². The first-order valence-electron chi connectivity index (χ1n) is 51.5. The Balaban J connectivity index is 1.98. The van der Waals surface area contributed by atoms with Gasteiger partial charge in [-0.05, 0) is 87.8 Å². The average molecular weight is 1740 g/mol. The smallest absolute Gasteiger partial charge is 0.341 e. The molecule has 124 heavy (non-hydrogen) atoms. The zero-order valence-electron chi connectivity index (χ0n) is 79.8. The minimum Gasteiger partial charge on any atom is -0.463 e. The fourth-order valence-electron chi connectivity index (χ4n) is 16.7. The number of hydrogen-bond acceptors (Lipinski definition) is 18. The molecule has 0 amide bonds. The molecule has 708 valence electrons. The highest BCUT2D eigenvalue weighted by Gasteiger charge is 2.54. The van der Waals surface area contributed by atoms with Gasteiger partial charge in [0.2, 0.25) is 23.6 Å². The van der Waals surface area contributed by atoms with Crippen LogP contribution in [0.15, 0.2) is 39.5 Å². The molecular weight excluding hydrogens is 1560 g/mol. The van der Waals surface area contributed by atoms with Gasteiger partial charge in [-0.1, -0.05) is 408 Å². The van der Waals surface area contributed by atoms with Crippen molar-refractivity contribution >= 4 is 52.8 Å². The lowest BCUT2D eigenvalue weighted by molar-refractivity contribution is -0.289. The van der Waals surface area contributed by atoms with Crippen LogP contribution in [-0.2, 0) is 57.2 Å². The van der Waals surface area contributed by atoms with Crippen LogP contribution in [0.5, 0.6) is 17.2 Å². The van der Waals surface area contributed by atoms with Gasteiger partial charge in [-0.25, -0.2) is 4.79 Å². The van der Waals surface area contributed by atoms with E-state index in [9.17, 15) is 28.8 Å². The van der Waals surface area contributed by atoms with E-state index < -0.39 is 90.3 Å². The maximum Gasteiger partial charge on any atom is 0.341 e. The van der Waals surface area contributed by atoms with Crippen LogP contribution in [0.25, 0.3) is 22.3 Å². The predicted molar refractivity (Wildman–Crippen MR) is 502 cm³/mol. The summed E-state index contributed by atoms with van der Waals surface area (Å²) in [5.41, 5.74) is -0.229. The Bertz CT molecular complexity index is 3340. The lowest BCUT2D eigenvalue weighted by atomic mass is 9.97. The summed E-state index contributed by atoms with van der Waals surface area (Å²) in [7, 11) is 0. The van der Waals surface area contributed by atoms with Crippen LogP contribution in [0, 0.1) is 6.92 Å². The molecule has 0 aliphatic carbocycles. The van der Waals surface area contributed by atoms with E-state index in [-0.39, 0.29) is 84.5 Å². The predicted octanol–water partition coefficient (Wildman–Crippen LogP) is 30.2. The van der Waals surface area contributed by atoms with Crippen LogP contribution in [0.3, 0.4) is 0 Å². The Hall–Kier alpha value is -6.30. The van der Waals surface area contributed by atoms with Crippen LogP contribution in [0.1, 0.15) is 507 Å². The van der Waals surface area contributed by atoms with Crippen molar-refractivity contribution < 1.29 is 80.6 Å². The highest BCUT2D eigenvalue weighted by atomic mass is 16.7. The second-order valence-corrected chi connectivity index (χ2v) is 36.0. The number of benzene rings is 2. The Morgan fingerprint density at radius 3 is 1.02 bits per heavy atom. The quantitative estimate of drug-likeness (QED) is 0.0221. The van der Waals surface area contributed by atoms with Crippen molar-refractivity contribution in [2.45, 2.75) is 529 Å². The van der Waals surface area contributed by atoms with E-state index in [1.165, 1.54) is 153 Å². The van der Waals surface area contributed by atoms with Crippen molar-refractivity contribution in [3.05, 3.63) is 51.7 Å². The third kappa shape index (κ3) is 50.4. The highest BCUT2D eigenvalue weighted by molar-refractivity contribution is 5.95. The lowest BCUT2D eigenvalue weighted by Gasteiger charge is -2.44. The number of unbranched alkanes of at least 4 members (excludes halogenated alkanes) is 56. The van der Waals surface area contributed by atoms with Gasteiger partial charge in [-0.3, -0.25) is 33.6 Å². The first-order chi connectivity index (χ1) is 60.6. The number of esters is 7. The Morgan fingerprint density at radius 2 is 0.645 bits per heavy atom. The van der Waals surface area contributed by atoms with Crippen LogP contribution in [-0.4, -0.2) is 85.7 Å². The molecule has 1 aliphatic rings. The summed E-state index contributed by atoms with van der Waals surface area (Å²) < 4.78 is 65.3. The SMILES string of the molecule is CCCCCCCCCCCOC(=O)c1cc(-c2oc3cc(C)cc(OC(=O)CCCCCCCCCCC)c3c(=O)c2OC(=O)CCCCCCCCCCC)ccc1OC1OC(COC(=O)CCCCCCCCCCC)C(OC(=O)CCCCCCCCCCC)C(OC(=O)CCCCCCCCCCC)C1OC(=O)CCCCCCCCCCC. The van der Waals surface area contributed by atoms with Crippen molar-refractivity contribution in [1.29, 1.82) is 0 Å². The fraction of sp³-hybridized carbons (Fsp3) is 0.792. The summed E-state index contributed by atoms with van der Waals surface area (Å²) in [5.74, 6) is -5.30. The molecule has 2 heterocycles. The average Bonchev–Trinajstić information content (AvgIpc) is 0.756. The third-order valence-corrected chi connectivity index (χ3v) is 24.4. The molecule has 18 nitrogen and oxygen atoms in total. The topological polar surface area (TPSA) is 233 Å². The molecule has 2 aromatic carbocycles. The van der Waals surface area contributed by atoms with Crippen molar-refractivity contribution in [1.82, 2.24) is 0 Å². The van der Waals surface area contributed by atoms with Gasteiger partial charge in [0.1, 0.15) is 40.7 Å². The maximum atomic E-state index is 15.6. The van der Waals surface area contributed by atoms with E-state index in [4.69, 9.17) is 47.0 Å². The molecule has 0 N–H and O–H groups in total. The third-order valence-electron chi connectivity index (χ3n) is 24.4. The van der Waals surface area contributed by atoms with E-state index in [0.29, 0.717) is 50.5 Å². The molecule has 0 spiro atoms. The van der Waals surface area contributed by atoms with Crippen molar-refractivity contribution in [3.63, 3.8) is 0 Å². The summed E-state index contributed by atoms with van der Waals surface area (Å²) in [6, 6.07) is 7.68. The monoisotopic (exact) mass is 1740 g/mol. The lowest BCUT2D eigenvalue weighted by Crippen LogP contribution is -2.64. The number of carbonyl (C=O) groups excluding carboxylic acids is 7. The van der Waals surface area contributed by atoms with Crippen molar-refractivity contribution in [2.24, 2.45) is 0 Å². The zero-order valence-corrected chi connectivity index (χ0v) is 79.8. The summed E-state index contributed by atoms with van der Waals surface area (Å²) in [5, 5.41) is -0.103. The minimum absolute atomic E-state index is 0.00137. The summed E-state index contributed by atoms with van der Waals surface area (Å²) in [4.78, 5) is 118. The second-order valence-electron chi connectivity index (χ2n) is 36.0. The van der Waals surface area contributed by atoms with Crippen LogP contribution in [0.2, 0.25) is 0 Å². The number of aryl methyl sites for hydroxylation is 1. The molecule has 1 saturated heterocycles. The van der Waals surface area contributed by atoms with Gasteiger partial charge in [0.25, 0.3) is 0 Å². The molecule has 5 unspecified atom stereocenters. The number of rotatable bonds is 81. The first kappa shape index (κ1) is 110. The molecule has 1 aliphatic heterocycles. The molecule has 18 heteroatoms.